The van der Waals surface area contributed by atoms with Crippen LogP contribution in [-0.4, -0.2) is 20.2 Å². The van der Waals surface area contributed by atoms with Crippen LogP contribution in [-0.2, 0) is 0 Å². The quantitative estimate of drug-likeness (QED) is 0.797. The molecule has 0 aliphatic carbocycles. The molecule has 0 spiro atoms. The lowest BCUT2D eigenvalue weighted by Gasteiger charge is -2.13. The second-order valence-electron chi connectivity index (χ2n) is 4.70. The molecule has 1 atom stereocenters. The molecule has 0 saturated heterocycles. The van der Waals surface area contributed by atoms with Gasteiger partial charge in [-0.25, -0.2) is 0 Å². The molecule has 0 aromatic heterocycles. The molecule has 0 heterocycles. The fraction of sp³-hybridized carbons (Fsp3) is 0.571. The Balaban J connectivity index is 2.43. The van der Waals surface area contributed by atoms with Crippen LogP contribution in [0.5, 0.6) is 5.75 Å². The Labute approximate surface area is 99.0 Å². The van der Waals surface area contributed by atoms with Crippen LogP contribution in [0.25, 0.3) is 0 Å². The van der Waals surface area contributed by atoms with Crippen molar-refractivity contribution in [1.82, 2.24) is 5.32 Å². The van der Waals surface area contributed by atoms with Gasteiger partial charge in [0.15, 0.2) is 0 Å². The van der Waals surface area contributed by atoms with Gasteiger partial charge < -0.3 is 10.1 Å². The third-order valence-electron chi connectivity index (χ3n) is 2.63. The van der Waals surface area contributed by atoms with Crippen molar-refractivity contribution in [3.8, 4) is 5.75 Å². The van der Waals surface area contributed by atoms with Crippen molar-refractivity contribution in [2.75, 3.05) is 20.2 Å². The average Bonchev–Trinajstić information content (AvgIpc) is 2.27. The summed E-state index contributed by atoms with van der Waals surface area (Å²) in [6.45, 7) is 8.33. The third-order valence-corrected chi connectivity index (χ3v) is 2.63. The Hall–Kier alpha value is -1.02. The van der Waals surface area contributed by atoms with Gasteiger partial charge in [-0.15, -0.1) is 0 Å². The molecule has 2 heteroatoms. The summed E-state index contributed by atoms with van der Waals surface area (Å²) in [5.74, 6) is 2.08. The fourth-order valence-corrected chi connectivity index (χ4v) is 1.59. The molecule has 1 rings (SSSR count). The standard InChI is InChI=1S/C14H23NO/c1-11(2)13-5-7-14(8-6-13)16-10-12(3)9-15-4/h5-8,11-12,15H,9-10H2,1-4H3. The van der Waals surface area contributed by atoms with Gasteiger partial charge in [-0.2, -0.15) is 0 Å². The maximum absolute atomic E-state index is 5.72. The molecule has 2 nitrogen and oxygen atoms in total. The Morgan fingerprint density at radius 3 is 2.25 bits per heavy atom. The van der Waals surface area contributed by atoms with Crippen molar-refractivity contribution in [3.63, 3.8) is 0 Å². The molecule has 0 saturated carbocycles. The molecule has 1 aromatic carbocycles. The van der Waals surface area contributed by atoms with Gasteiger partial charge in [0.25, 0.3) is 0 Å². The molecule has 0 bridgehead atoms. The number of nitrogens with one attached hydrogen (secondary N) is 1. The summed E-state index contributed by atoms with van der Waals surface area (Å²) in [5, 5.41) is 3.15. The first-order chi connectivity index (χ1) is 7.63. The largest absolute Gasteiger partial charge is 0.493 e. The van der Waals surface area contributed by atoms with E-state index in [9.17, 15) is 0 Å². The lowest BCUT2D eigenvalue weighted by Crippen LogP contribution is -2.21. The van der Waals surface area contributed by atoms with Gasteiger partial charge >= 0.3 is 0 Å². The highest BCUT2D eigenvalue weighted by Gasteiger charge is 2.03. The van der Waals surface area contributed by atoms with Gasteiger partial charge in [0.1, 0.15) is 5.75 Å². The van der Waals surface area contributed by atoms with Crippen LogP contribution in [0, 0.1) is 5.92 Å². The van der Waals surface area contributed by atoms with E-state index in [1.807, 2.05) is 7.05 Å². The summed E-state index contributed by atoms with van der Waals surface area (Å²) < 4.78 is 5.72. The molecule has 0 radical (unpaired) electrons. The number of rotatable bonds is 6. The highest BCUT2D eigenvalue weighted by Crippen LogP contribution is 2.18. The highest BCUT2D eigenvalue weighted by molar-refractivity contribution is 5.28. The van der Waals surface area contributed by atoms with Crippen LogP contribution in [0.3, 0.4) is 0 Å². The molecular weight excluding hydrogens is 198 g/mol. The van der Waals surface area contributed by atoms with Gasteiger partial charge in [0, 0.05) is 12.5 Å². The number of hydrogen-bond acceptors (Lipinski definition) is 2. The SMILES string of the molecule is CNCC(C)COc1ccc(C(C)C)cc1. The second kappa shape index (κ2) is 6.54. The van der Waals surface area contributed by atoms with E-state index in [1.54, 1.807) is 0 Å². The van der Waals surface area contributed by atoms with Crippen LogP contribution in [0.2, 0.25) is 0 Å². The summed E-state index contributed by atoms with van der Waals surface area (Å²) in [5.41, 5.74) is 1.36. The summed E-state index contributed by atoms with van der Waals surface area (Å²) >= 11 is 0. The topological polar surface area (TPSA) is 21.3 Å². The third kappa shape index (κ3) is 4.23. The maximum Gasteiger partial charge on any atom is 0.119 e. The van der Waals surface area contributed by atoms with Crippen molar-refractivity contribution in [2.45, 2.75) is 26.7 Å². The Morgan fingerprint density at radius 2 is 1.75 bits per heavy atom. The zero-order valence-corrected chi connectivity index (χ0v) is 10.8. The summed E-state index contributed by atoms with van der Waals surface area (Å²) in [7, 11) is 1.97. The van der Waals surface area contributed by atoms with Gasteiger partial charge in [0.05, 0.1) is 6.61 Å². The van der Waals surface area contributed by atoms with Crippen molar-refractivity contribution < 1.29 is 4.74 Å². The van der Waals surface area contributed by atoms with E-state index in [4.69, 9.17) is 4.74 Å². The normalized spacial score (nSPS) is 12.8. The van der Waals surface area contributed by atoms with E-state index in [0.717, 1.165) is 18.9 Å². The van der Waals surface area contributed by atoms with Crippen molar-refractivity contribution >= 4 is 0 Å². The predicted molar refractivity (Wildman–Crippen MR) is 69.1 cm³/mol. The number of hydrogen-bond donors (Lipinski definition) is 1. The lowest BCUT2D eigenvalue weighted by molar-refractivity contribution is 0.258. The molecule has 0 aliphatic heterocycles. The van der Waals surface area contributed by atoms with Gasteiger partial charge in [-0.1, -0.05) is 32.9 Å². The van der Waals surface area contributed by atoms with Crippen LogP contribution in [0.4, 0.5) is 0 Å². The minimum absolute atomic E-state index is 0.537. The average molecular weight is 221 g/mol. The molecule has 0 aliphatic rings. The van der Waals surface area contributed by atoms with Gasteiger partial charge in [-0.3, -0.25) is 0 Å². The fourth-order valence-electron chi connectivity index (χ4n) is 1.59. The Morgan fingerprint density at radius 1 is 1.12 bits per heavy atom. The zero-order valence-electron chi connectivity index (χ0n) is 10.8. The number of benzene rings is 1. The van der Waals surface area contributed by atoms with E-state index in [2.05, 4.69) is 50.4 Å². The minimum atomic E-state index is 0.537. The smallest absolute Gasteiger partial charge is 0.119 e. The molecule has 0 amide bonds. The van der Waals surface area contributed by atoms with Crippen molar-refractivity contribution in [3.05, 3.63) is 29.8 Å². The van der Waals surface area contributed by atoms with E-state index in [1.165, 1.54) is 5.56 Å². The van der Waals surface area contributed by atoms with Gasteiger partial charge in [0.2, 0.25) is 0 Å². The first-order valence-corrected chi connectivity index (χ1v) is 6.00. The zero-order chi connectivity index (χ0) is 12.0. The monoisotopic (exact) mass is 221 g/mol. The molecule has 0 fully saturated rings. The number of ether oxygens (including phenoxy) is 1. The molecule has 90 valence electrons. The van der Waals surface area contributed by atoms with E-state index < -0.39 is 0 Å². The lowest BCUT2D eigenvalue weighted by atomic mass is 10.0. The van der Waals surface area contributed by atoms with Crippen LogP contribution >= 0.6 is 0 Å². The van der Waals surface area contributed by atoms with Crippen molar-refractivity contribution in [1.29, 1.82) is 0 Å². The first kappa shape index (κ1) is 13.0. The summed E-state index contributed by atoms with van der Waals surface area (Å²) in [4.78, 5) is 0. The minimum Gasteiger partial charge on any atom is -0.493 e. The molecule has 16 heavy (non-hydrogen) atoms. The Kier molecular flexibility index (Phi) is 5.33. The molecule has 1 aromatic rings. The van der Waals surface area contributed by atoms with Crippen LogP contribution in [0.1, 0.15) is 32.3 Å². The molecule has 1 unspecified atom stereocenters. The predicted octanol–water partition coefficient (Wildman–Crippen LogP) is 3.04. The molecule has 1 N–H and O–H groups in total. The second-order valence-corrected chi connectivity index (χ2v) is 4.70. The van der Waals surface area contributed by atoms with E-state index >= 15 is 0 Å². The summed E-state index contributed by atoms with van der Waals surface area (Å²) in [6, 6.07) is 8.40. The van der Waals surface area contributed by atoms with Gasteiger partial charge in [-0.05, 0) is 30.7 Å². The van der Waals surface area contributed by atoms with Crippen molar-refractivity contribution in [2.24, 2.45) is 5.92 Å². The highest BCUT2D eigenvalue weighted by atomic mass is 16.5. The maximum atomic E-state index is 5.72. The van der Waals surface area contributed by atoms with E-state index in [-0.39, 0.29) is 0 Å². The summed E-state index contributed by atoms with van der Waals surface area (Å²) in [6.07, 6.45) is 0. The molecular formula is C14H23NO. The van der Waals surface area contributed by atoms with E-state index in [0.29, 0.717) is 11.8 Å². The van der Waals surface area contributed by atoms with Crippen LogP contribution < -0.4 is 10.1 Å². The Bertz CT molecular complexity index is 292. The van der Waals surface area contributed by atoms with Crippen LogP contribution in [0.15, 0.2) is 24.3 Å². The first-order valence-electron chi connectivity index (χ1n) is 6.00.